The number of hydrogen-bond donors (Lipinski definition) is 2. The molecule has 0 saturated heterocycles. The minimum Gasteiger partial charge on any atom is -0.504 e. The Morgan fingerprint density at radius 3 is 2.39 bits per heavy atom. The third kappa shape index (κ3) is 1.79. The first-order valence-corrected chi connectivity index (χ1v) is 6.13. The third-order valence-electron chi connectivity index (χ3n) is 3.98. The Hall–Kier alpha value is -1.80. The first-order chi connectivity index (χ1) is 8.52. The molecule has 0 bridgehead atoms. The highest BCUT2D eigenvalue weighted by molar-refractivity contribution is 5.56. The van der Waals surface area contributed by atoms with Crippen LogP contribution in [0, 0.1) is 13.8 Å². The summed E-state index contributed by atoms with van der Waals surface area (Å²) in [7, 11) is 0. The van der Waals surface area contributed by atoms with E-state index in [1.54, 1.807) is 13.0 Å². The van der Waals surface area contributed by atoms with Gasteiger partial charge in [-0.25, -0.2) is 4.79 Å². The van der Waals surface area contributed by atoms with E-state index in [4.69, 9.17) is 0 Å². The van der Waals surface area contributed by atoms with E-state index < -0.39 is 5.54 Å². The Bertz CT molecular complexity index is 524. The summed E-state index contributed by atoms with van der Waals surface area (Å²) in [6, 6.07) is 1.82. The number of benzene rings is 1. The van der Waals surface area contributed by atoms with Crippen LogP contribution in [0.25, 0.3) is 0 Å². The Morgan fingerprint density at radius 2 is 1.83 bits per heavy atom. The normalized spacial score (nSPS) is 17.4. The van der Waals surface area contributed by atoms with Crippen LogP contribution >= 0.6 is 0 Å². The van der Waals surface area contributed by atoms with Crippen LogP contribution in [0.15, 0.2) is 11.1 Å². The van der Waals surface area contributed by atoms with Gasteiger partial charge in [0.2, 0.25) is 6.08 Å². The van der Waals surface area contributed by atoms with Crippen molar-refractivity contribution in [3.8, 4) is 11.5 Å². The number of nitrogens with zero attached hydrogens (tertiary/aromatic N) is 1. The lowest BCUT2D eigenvalue weighted by Gasteiger charge is -2.25. The number of aromatic hydroxyl groups is 2. The largest absolute Gasteiger partial charge is 0.504 e. The zero-order valence-electron chi connectivity index (χ0n) is 10.7. The number of phenolic OH excluding ortho intramolecular Hbond substituents is 2. The maximum absolute atomic E-state index is 10.7. The van der Waals surface area contributed by atoms with Crippen LogP contribution in [0.5, 0.6) is 11.5 Å². The quantitative estimate of drug-likeness (QED) is 0.479. The number of phenols is 2. The number of isocyanates is 1. The maximum atomic E-state index is 10.7. The van der Waals surface area contributed by atoms with E-state index in [2.05, 4.69) is 4.99 Å². The zero-order valence-corrected chi connectivity index (χ0v) is 10.7. The molecule has 1 aromatic rings. The van der Waals surface area contributed by atoms with E-state index in [9.17, 15) is 15.0 Å². The number of hydrogen-bond acceptors (Lipinski definition) is 4. The molecule has 1 aliphatic rings. The summed E-state index contributed by atoms with van der Waals surface area (Å²) in [6.45, 7) is 3.61. The smallest absolute Gasteiger partial charge is 0.235 e. The van der Waals surface area contributed by atoms with Crippen molar-refractivity contribution in [2.75, 3.05) is 0 Å². The van der Waals surface area contributed by atoms with Gasteiger partial charge in [-0.3, -0.25) is 0 Å². The number of aliphatic imine (C=N–C) groups is 1. The van der Waals surface area contributed by atoms with Gasteiger partial charge in [-0.1, -0.05) is 12.8 Å². The van der Waals surface area contributed by atoms with Gasteiger partial charge in [-0.2, -0.15) is 4.99 Å². The van der Waals surface area contributed by atoms with Crippen LogP contribution in [0.4, 0.5) is 0 Å². The molecule has 18 heavy (non-hydrogen) atoms. The average molecular weight is 247 g/mol. The molecule has 1 aliphatic carbocycles. The first kappa shape index (κ1) is 12.7. The molecule has 1 saturated carbocycles. The topological polar surface area (TPSA) is 69.9 Å². The van der Waals surface area contributed by atoms with Crippen molar-refractivity contribution in [2.45, 2.75) is 45.1 Å². The molecule has 2 N–H and O–H groups in total. The van der Waals surface area contributed by atoms with Crippen LogP contribution in [0.2, 0.25) is 0 Å². The van der Waals surface area contributed by atoms with Crippen molar-refractivity contribution in [2.24, 2.45) is 4.99 Å². The second kappa shape index (κ2) is 4.46. The third-order valence-corrected chi connectivity index (χ3v) is 3.98. The number of rotatable bonds is 2. The van der Waals surface area contributed by atoms with Crippen LogP contribution in [0.1, 0.15) is 42.4 Å². The zero-order chi connectivity index (χ0) is 13.3. The number of carbonyl (C=O) groups excluding carboxylic acids is 1. The summed E-state index contributed by atoms with van der Waals surface area (Å²) in [5.74, 6) is -0.267. The van der Waals surface area contributed by atoms with Gasteiger partial charge >= 0.3 is 0 Å². The summed E-state index contributed by atoms with van der Waals surface area (Å²) in [5, 5.41) is 20.0. The second-order valence-corrected chi connectivity index (χ2v) is 5.01. The minimum atomic E-state index is -0.707. The summed E-state index contributed by atoms with van der Waals surface area (Å²) < 4.78 is 0. The van der Waals surface area contributed by atoms with Crippen molar-refractivity contribution < 1.29 is 15.0 Å². The molecule has 96 valence electrons. The predicted octanol–water partition coefficient (Wildman–Crippen LogP) is 2.82. The Labute approximate surface area is 106 Å². The monoisotopic (exact) mass is 247 g/mol. The fourth-order valence-electron chi connectivity index (χ4n) is 2.73. The molecule has 0 atom stereocenters. The van der Waals surface area contributed by atoms with Crippen LogP contribution in [-0.4, -0.2) is 16.3 Å². The van der Waals surface area contributed by atoms with E-state index in [1.807, 2.05) is 13.0 Å². The Morgan fingerprint density at radius 1 is 1.22 bits per heavy atom. The Kier molecular flexibility index (Phi) is 3.14. The van der Waals surface area contributed by atoms with Gasteiger partial charge in [0.15, 0.2) is 11.5 Å². The highest BCUT2D eigenvalue weighted by atomic mass is 16.3. The fourth-order valence-corrected chi connectivity index (χ4v) is 2.73. The molecule has 4 nitrogen and oxygen atoms in total. The highest BCUT2D eigenvalue weighted by Gasteiger charge is 2.39. The molecule has 0 spiro atoms. The van der Waals surface area contributed by atoms with E-state index in [0.29, 0.717) is 24.0 Å². The molecule has 1 aromatic carbocycles. The molecule has 0 heterocycles. The molecule has 1 fully saturated rings. The molecule has 2 rings (SSSR count). The van der Waals surface area contributed by atoms with Crippen molar-refractivity contribution in [1.82, 2.24) is 0 Å². The van der Waals surface area contributed by atoms with Crippen molar-refractivity contribution >= 4 is 6.08 Å². The van der Waals surface area contributed by atoms with Gasteiger partial charge in [-0.05, 0) is 43.9 Å². The van der Waals surface area contributed by atoms with Crippen molar-refractivity contribution in [3.05, 3.63) is 22.8 Å². The molecule has 0 unspecified atom stereocenters. The van der Waals surface area contributed by atoms with Crippen LogP contribution in [0.3, 0.4) is 0 Å². The number of aryl methyl sites for hydroxylation is 1. The molecule has 4 heteroatoms. The molecular formula is C14H17NO3. The van der Waals surface area contributed by atoms with Gasteiger partial charge in [-0.15, -0.1) is 0 Å². The Balaban J connectivity index is 2.66. The van der Waals surface area contributed by atoms with Gasteiger partial charge < -0.3 is 10.2 Å². The van der Waals surface area contributed by atoms with E-state index in [0.717, 1.165) is 18.4 Å². The average Bonchev–Trinajstić information content (AvgIpc) is 2.81. The minimum absolute atomic E-state index is 0.114. The fraction of sp³-hybridized carbons (Fsp3) is 0.500. The summed E-state index contributed by atoms with van der Waals surface area (Å²) in [6.07, 6.45) is 4.94. The molecule has 0 aliphatic heterocycles. The van der Waals surface area contributed by atoms with Crippen molar-refractivity contribution in [1.29, 1.82) is 0 Å². The summed E-state index contributed by atoms with van der Waals surface area (Å²) >= 11 is 0. The van der Waals surface area contributed by atoms with Crippen molar-refractivity contribution in [3.63, 3.8) is 0 Å². The van der Waals surface area contributed by atoms with E-state index in [-0.39, 0.29) is 11.5 Å². The lowest BCUT2D eigenvalue weighted by Crippen LogP contribution is -2.19. The van der Waals surface area contributed by atoms with Gasteiger partial charge in [0.05, 0.1) is 0 Å². The van der Waals surface area contributed by atoms with Gasteiger partial charge in [0.25, 0.3) is 0 Å². The van der Waals surface area contributed by atoms with Gasteiger partial charge in [0.1, 0.15) is 5.54 Å². The maximum Gasteiger partial charge on any atom is 0.235 e. The lowest BCUT2D eigenvalue weighted by atomic mass is 9.86. The first-order valence-electron chi connectivity index (χ1n) is 6.13. The molecule has 0 amide bonds. The highest BCUT2D eigenvalue weighted by Crippen LogP contribution is 2.49. The van der Waals surface area contributed by atoms with Crippen LogP contribution in [-0.2, 0) is 10.3 Å². The summed E-state index contributed by atoms with van der Waals surface area (Å²) in [4.78, 5) is 14.6. The SMILES string of the molecule is Cc1cc(C2(N=C=O)CCCC2)c(O)c(O)c1C. The summed E-state index contributed by atoms with van der Waals surface area (Å²) in [5.41, 5.74) is 1.37. The van der Waals surface area contributed by atoms with E-state index >= 15 is 0 Å². The van der Waals surface area contributed by atoms with Crippen LogP contribution < -0.4 is 0 Å². The molecule has 0 aromatic heterocycles. The lowest BCUT2D eigenvalue weighted by molar-refractivity contribution is 0.371. The standard InChI is InChI=1S/C14H17NO3/c1-9-7-11(13(18)12(17)10(9)2)14(15-8-16)5-3-4-6-14/h7,17-18H,3-6H2,1-2H3. The van der Waals surface area contributed by atoms with Gasteiger partial charge in [0, 0.05) is 5.56 Å². The van der Waals surface area contributed by atoms with E-state index in [1.165, 1.54) is 0 Å². The molecular weight excluding hydrogens is 230 g/mol. The predicted molar refractivity (Wildman–Crippen MR) is 67.5 cm³/mol. The molecule has 0 radical (unpaired) electrons. The second-order valence-electron chi connectivity index (χ2n) is 5.01.